The van der Waals surface area contributed by atoms with E-state index in [2.05, 4.69) is 25.1 Å². The summed E-state index contributed by atoms with van der Waals surface area (Å²) in [4.78, 5) is 25.1. The van der Waals surface area contributed by atoms with Crippen molar-refractivity contribution in [2.75, 3.05) is 50.8 Å². The van der Waals surface area contributed by atoms with Crippen molar-refractivity contribution < 1.29 is 9.53 Å². The van der Waals surface area contributed by atoms with Crippen molar-refractivity contribution in [3.05, 3.63) is 46.7 Å². The Balaban J connectivity index is 1.24. The summed E-state index contributed by atoms with van der Waals surface area (Å²) in [5, 5.41) is 3.85. The van der Waals surface area contributed by atoms with E-state index in [9.17, 15) is 4.79 Å². The highest BCUT2D eigenvalue weighted by atomic mass is 35.5. The Kier molecular flexibility index (Phi) is 8.34. The van der Waals surface area contributed by atoms with Crippen LogP contribution in [-0.2, 0) is 4.79 Å². The molecule has 0 bridgehead atoms. The first kappa shape index (κ1) is 21.6. The number of amides is 1. The van der Waals surface area contributed by atoms with Crippen molar-refractivity contribution in [3.8, 4) is 5.75 Å². The molecule has 3 rings (SSSR count). The lowest BCUT2D eigenvalue weighted by Gasteiger charge is -2.34. The summed E-state index contributed by atoms with van der Waals surface area (Å²) < 4.78 is 5.53. The topological polar surface area (TPSA) is 70.6 Å². The molecule has 9 heteroatoms. The fourth-order valence-corrected chi connectivity index (χ4v) is 3.36. The number of rotatable bonds is 9. The highest BCUT2D eigenvalue weighted by Gasteiger charge is 2.18. The van der Waals surface area contributed by atoms with Crippen molar-refractivity contribution in [1.29, 1.82) is 0 Å². The van der Waals surface area contributed by atoms with E-state index in [1.165, 1.54) is 0 Å². The minimum atomic E-state index is -0.0175. The molecule has 1 aliphatic heterocycles. The molecular weight excluding hydrogens is 413 g/mol. The standard InChI is InChI=1S/C20H25Cl2N5O2/c21-17-4-3-16(15-18(17)22)29-14-5-19(28)23-8-2-9-26-10-12-27(13-11-26)20-24-6-1-7-25-20/h1,3-4,6-7,15H,2,5,8-14H2,(H,23,28). The van der Waals surface area contributed by atoms with Gasteiger partial charge in [0.15, 0.2) is 0 Å². The fraction of sp³-hybridized carbons (Fsp3) is 0.450. The maximum Gasteiger partial charge on any atom is 0.225 e. The van der Waals surface area contributed by atoms with Crippen LogP contribution in [0.25, 0.3) is 0 Å². The normalized spacial score (nSPS) is 14.6. The minimum absolute atomic E-state index is 0.0175. The van der Waals surface area contributed by atoms with Crippen molar-refractivity contribution in [3.63, 3.8) is 0 Å². The van der Waals surface area contributed by atoms with Crippen LogP contribution in [0, 0.1) is 0 Å². The van der Waals surface area contributed by atoms with Gasteiger partial charge in [-0.1, -0.05) is 23.2 Å². The second-order valence-electron chi connectivity index (χ2n) is 6.76. The first-order valence-electron chi connectivity index (χ1n) is 9.71. The lowest BCUT2D eigenvalue weighted by Crippen LogP contribution is -2.47. The zero-order valence-electron chi connectivity index (χ0n) is 16.2. The van der Waals surface area contributed by atoms with Crippen LogP contribution >= 0.6 is 23.2 Å². The number of halogens is 2. The third kappa shape index (κ3) is 7.03. The summed E-state index contributed by atoms with van der Waals surface area (Å²) in [6, 6.07) is 6.88. The van der Waals surface area contributed by atoms with E-state index in [1.807, 2.05) is 6.07 Å². The molecule has 1 amide bonds. The summed E-state index contributed by atoms with van der Waals surface area (Å²) in [5.74, 6) is 1.38. The Morgan fingerprint density at radius 2 is 1.86 bits per heavy atom. The van der Waals surface area contributed by atoms with E-state index in [1.54, 1.807) is 30.6 Å². The lowest BCUT2D eigenvalue weighted by molar-refractivity contribution is -0.121. The van der Waals surface area contributed by atoms with Crippen LogP contribution in [0.5, 0.6) is 5.75 Å². The van der Waals surface area contributed by atoms with Gasteiger partial charge in [0.05, 0.1) is 23.1 Å². The molecular formula is C20H25Cl2N5O2. The summed E-state index contributed by atoms with van der Waals surface area (Å²) in [7, 11) is 0. The zero-order valence-corrected chi connectivity index (χ0v) is 17.7. The Morgan fingerprint density at radius 1 is 1.10 bits per heavy atom. The predicted octanol–water partition coefficient (Wildman–Crippen LogP) is 2.88. The number of hydrogen-bond acceptors (Lipinski definition) is 6. The maximum absolute atomic E-state index is 11.9. The molecule has 29 heavy (non-hydrogen) atoms. The number of aromatic nitrogens is 2. The van der Waals surface area contributed by atoms with Gasteiger partial charge in [0, 0.05) is 51.2 Å². The Labute approximate surface area is 181 Å². The van der Waals surface area contributed by atoms with E-state index in [4.69, 9.17) is 27.9 Å². The molecule has 1 fully saturated rings. The molecule has 1 aromatic carbocycles. The van der Waals surface area contributed by atoms with E-state index >= 15 is 0 Å². The molecule has 2 heterocycles. The third-order valence-corrected chi connectivity index (χ3v) is 5.41. The Hall–Kier alpha value is -2.09. The zero-order chi connectivity index (χ0) is 20.5. The summed E-state index contributed by atoms with van der Waals surface area (Å²) in [5.41, 5.74) is 0. The van der Waals surface area contributed by atoms with Gasteiger partial charge in [-0.3, -0.25) is 9.69 Å². The van der Waals surface area contributed by atoms with E-state index in [0.29, 0.717) is 35.4 Å². The average Bonchev–Trinajstić information content (AvgIpc) is 2.75. The second-order valence-corrected chi connectivity index (χ2v) is 7.57. The molecule has 1 saturated heterocycles. The SMILES string of the molecule is O=C(CCOc1ccc(Cl)c(Cl)c1)NCCCN1CCN(c2ncccn2)CC1. The van der Waals surface area contributed by atoms with Crippen LogP contribution in [0.1, 0.15) is 12.8 Å². The Morgan fingerprint density at radius 3 is 2.59 bits per heavy atom. The second kappa shape index (κ2) is 11.2. The first-order chi connectivity index (χ1) is 14.1. The molecule has 156 valence electrons. The van der Waals surface area contributed by atoms with Gasteiger partial charge in [-0.05, 0) is 31.2 Å². The van der Waals surface area contributed by atoms with Gasteiger partial charge < -0.3 is 15.0 Å². The van der Waals surface area contributed by atoms with Crippen molar-refractivity contribution in [2.45, 2.75) is 12.8 Å². The van der Waals surface area contributed by atoms with Crippen LogP contribution in [0.3, 0.4) is 0 Å². The van der Waals surface area contributed by atoms with Crippen LogP contribution < -0.4 is 15.0 Å². The van der Waals surface area contributed by atoms with Crippen LogP contribution in [0.15, 0.2) is 36.7 Å². The number of hydrogen-bond donors (Lipinski definition) is 1. The van der Waals surface area contributed by atoms with Crippen LogP contribution in [0.2, 0.25) is 10.0 Å². The van der Waals surface area contributed by atoms with Gasteiger partial charge in [-0.25, -0.2) is 9.97 Å². The lowest BCUT2D eigenvalue weighted by atomic mass is 10.3. The van der Waals surface area contributed by atoms with Crippen molar-refractivity contribution >= 4 is 35.1 Å². The molecule has 0 spiro atoms. The van der Waals surface area contributed by atoms with Gasteiger partial charge in [-0.15, -0.1) is 0 Å². The molecule has 0 radical (unpaired) electrons. The van der Waals surface area contributed by atoms with Gasteiger partial charge in [-0.2, -0.15) is 0 Å². The van der Waals surface area contributed by atoms with Crippen molar-refractivity contribution in [1.82, 2.24) is 20.2 Å². The summed E-state index contributed by atoms with van der Waals surface area (Å²) in [6.45, 7) is 5.71. The number of benzene rings is 1. The number of carbonyl (C=O) groups is 1. The van der Waals surface area contributed by atoms with Crippen LogP contribution in [-0.4, -0.2) is 66.7 Å². The molecule has 2 aromatic rings. The smallest absolute Gasteiger partial charge is 0.225 e. The number of nitrogens with zero attached hydrogens (tertiary/aromatic N) is 4. The molecule has 0 atom stereocenters. The molecule has 1 aromatic heterocycles. The monoisotopic (exact) mass is 437 g/mol. The van der Waals surface area contributed by atoms with E-state index in [0.717, 1.165) is 45.1 Å². The van der Waals surface area contributed by atoms with Gasteiger partial charge in [0.2, 0.25) is 11.9 Å². The van der Waals surface area contributed by atoms with Crippen LogP contribution in [0.4, 0.5) is 5.95 Å². The molecule has 7 nitrogen and oxygen atoms in total. The first-order valence-corrected chi connectivity index (χ1v) is 10.5. The Bertz CT molecular complexity index is 786. The molecule has 0 saturated carbocycles. The quantitative estimate of drug-likeness (QED) is 0.608. The highest BCUT2D eigenvalue weighted by Crippen LogP contribution is 2.26. The fourth-order valence-electron chi connectivity index (χ4n) is 3.07. The van der Waals surface area contributed by atoms with E-state index < -0.39 is 0 Å². The van der Waals surface area contributed by atoms with Crippen molar-refractivity contribution in [2.24, 2.45) is 0 Å². The molecule has 0 aliphatic carbocycles. The number of piperazine rings is 1. The minimum Gasteiger partial charge on any atom is -0.493 e. The van der Waals surface area contributed by atoms with Gasteiger partial charge >= 0.3 is 0 Å². The predicted molar refractivity (Wildman–Crippen MR) is 115 cm³/mol. The van der Waals surface area contributed by atoms with Gasteiger partial charge in [0.1, 0.15) is 5.75 Å². The molecule has 0 unspecified atom stereocenters. The highest BCUT2D eigenvalue weighted by molar-refractivity contribution is 6.42. The number of ether oxygens (including phenoxy) is 1. The number of nitrogens with one attached hydrogen (secondary N) is 1. The van der Waals surface area contributed by atoms with E-state index in [-0.39, 0.29) is 5.91 Å². The molecule has 1 aliphatic rings. The summed E-state index contributed by atoms with van der Waals surface area (Å²) in [6.07, 6.45) is 4.76. The summed E-state index contributed by atoms with van der Waals surface area (Å²) >= 11 is 11.8. The van der Waals surface area contributed by atoms with Gasteiger partial charge in [0.25, 0.3) is 0 Å². The largest absolute Gasteiger partial charge is 0.493 e. The number of anilines is 1. The third-order valence-electron chi connectivity index (χ3n) is 4.67. The number of carbonyl (C=O) groups excluding carboxylic acids is 1. The average molecular weight is 438 g/mol. The maximum atomic E-state index is 11.9. The molecule has 1 N–H and O–H groups in total.